The fourth-order valence-electron chi connectivity index (χ4n) is 5.64. The molecule has 6 rings (SSSR count). The van der Waals surface area contributed by atoms with Gasteiger partial charge >= 0.3 is 0 Å². The van der Waals surface area contributed by atoms with Crippen molar-refractivity contribution in [2.75, 3.05) is 7.11 Å². The molecule has 144 valence electrons. The molecule has 2 heteroatoms. The van der Waals surface area contributed by atoms with Crippen LogP contribution in [0.4, 0.5) is 0 Å². The number of rotatable bonds is 2. The van der Waals surface area contributed by atoms with Crippen molar-refractivity contribution < 1.29 is 9.53 Å². The first-order valence-corrected chi connectivity index (χ1v) is 10.2. The summed E-state index contributed by atoms with van der Waals surface area (Å²) in [7, 11) is 1.69. The zero-order valence-corrected chi connectivity index (χ0v) is 16.6. The van der Waals surface area contributed by atoms with Gasteiger partial charge in [-0.25, -0.2) is 0 Å². The molecule has 0 N–H and O–H groups in total. The molecule has 4 aromatic rings. The Morgan fingerprint density at radius 1 is 0.700 bits per heavy atom. The van der Waals surface area contributed by atoms with Crippen LogP contribution in [0, 0.1) is 0 Å². The van der Waals surface area contributed by atoms with Gasteiger partial charge in [-0.05, 0) is 56.6 Å². The van der Waals surface area contributed by atoms with E-state index in [0.717, 1.165) is 28.7 Å². The molecule has 0 heterocycles. The Balaban J connectivity index is 1.85. The molecule has 4 aromatic carbocycles. The molecule has 0 amide bonds. The highest BCUT2D eigenvalue weighted by atomic mass is 16.5. The van der Waals surface area contributed by atoms with Gasteiger partial charge in [0.15, 0.2) is 0 Å². The first kappa shape index (κ1) is 17.2. The Morgan fingerprint density at radius 3 is 1.90 bits per heavy atom. The molecule has 1 atom stereocenters. The molecule has 1 spiro atoms. The second kappa shape index (κ2) is 6.17. The van der Waals surface area contributed by atoms with Gasteiger partial charge in [0.05, 0.1) is 18.4 Å². The van der Waals surface area contributed by atoms with Gasteiger partial charge in [-0.15, -0.1) is 0 Å². The first-order valence-electron chi connectivity index (χ1n) is 10.2. The molecule has 0 fully saturated rings. The van der Waals surface area contributed by atoms with Crippen molar-refractivity contribution in [3.05, 3.63) is 124 Å². The number of carbonyl (C=O) groups is 1. The van der Waals surface area contributed by atoms with Crippen LogP contribution in [0.25, 0.3) is 11.1 Å². The molecule has 2 aliphatic carbocycles. The van der Waals surface area contributed by atoms with Crippen LogP contribution in [0.2, 0.25) is 0 Å². The average Bonchev–Trinajstić information content (AvgIpc) is 3.11. The SMILES string of the molecule is COc1ccc2c(c1)C1(c3ccccc3-c3ccccc31)c1ccccc1C2C=O. The number of hydrogen-bond donors (Lipinski definition) is 0. The number of fused-ring (bicyclic) bond motifs is 9. The van der Waals surface area contributed by atoms with Gasteiger partial charge < -0.3 is 9.53 Å². The molecule has 2 aliphatic rings. The maximum absolute atomic E-state index is 12.3. The van der Waals surface area contributed by atoms with Crippen molar-refractivity contribution in [3.63, 3.8) is 0 Å². The Hall–Kier alpha value is -3.65. The standard InChI is InChI=1S/C28H20O2/c1-30-18-14-15-22-23(17-29)21-10-4-7-13-26(21)28(27(22)16-18)24-11-5-2-8-19(24)20-9-3-6-12-25(20)28/h2-17,23H,1H3. The molecular weight excluding hydrogens is 368 g/mol. The third-order valence-electron chi connectivity index (χ3n) is 6.79. The van der Waals surface area contributed by atoms with E-state index in [2.05, 4.69) is 78.9 Å². The van der Waals surface area contributed by atoms with Gasteiger partial charge in [0.1, 0.15) is 12.0 Å². The van der Waals surface area contributed by atoms with E-state index in [1.165, 1.54) is 27.8 Å². The molecular formula is C28H20O2. The number of aldehydes is 1. The first-order chi connectivity index (χ1) is 14.8. The molecule has 0 bridgehead atoms. The predicted molar refractivity (Wildman–Crippen MR) is 118 cm³/mol. The fraction of sp³-hybridized carbons (Fsp3) is 0.107. The molecule has 0 aliphatic heterocycles. The van der Waals surface area contributed by atoms with Gasteiger partial charge in [-0.2, -0.15) is 0 Å². The summed E-state index contributed by atoms with van der Waals surface area (Å²) in [6.07, 6.45) is 1.07. The van der Waals surface area contributed by atoms with Crippen LogP contribution >= 0.6 is 0 Å². The minimum atomic E-state index is -0.465. The zero-order valence-electron chi connectivity index (χ0n) is 16.6. The van der Waals surface area contributed by atoms with E-state index in [1.54, 1.807) is 7.11 Å². The monoisotopic (exact) mass is 388 g/mol. The summed E-state index contributed by atoms with van der Waals surface area (Å²) in [5.41, 5.74) is 9.01. The molecule has 0 aromatic heterocycles. The average molecular weight is 388 g/mol. The van der Waals surface area contributed by atoms with E-state index in [1.807, 2.05) is 12.1 Å². The molecule has 0 saturated carbocycles. The zero-order chi connectivity index (χ0) is 20.3. The fourth-order valence-corrected chi connectivity index (χ4v) is 5.64. The maximum atomic E-state index is 12.3. The van der Waals surface area contributed by atoms with Crippen molar-refractivity contribution >= 4 is 6.29 Å². The predicted octanol–water partition coefficient (Wildman–Crippen LogP) is 5.70. The van der Waals surface area contributed by atoms with Crippen LogP contribution in [0.15, 0.2) is 91.0 Å². The third-order valence-corrected chi connectivity index (χ3v) is 6.79. The summed E-state index contributed by atoms with van der Waals surface area (Å²) in [4.78, 5) is 12.3. The lowest BCUT2D eigenvalue weighted by molar-refractivity contribution is -0.108. The Morgan fingerprint density at radius 2 is 1.27 bits per heavy atom. The van der Waals surface area contributed by atoms with Crippen molar-refractivity contribution in [3.8, 4) is 16.9 Å². The second-order valence-electron chi connectivity index (χ2n) is 8.00. The topological polar surface area (TPSA) is 26.3 Å². The molecule has 1 unspecified atom stereocenters. The Bertz CT molecular complexity index is 1270. The summed E-state index contributed by atoms with van der Waals surface area (Å²) in [6.45, 7) is 0. The number of benzene rings is 4. The lowest BCUT2D eigenvalue weighted by atomic mass is 9.59. The highest BCUT2D eigenvalue weighted by Crippen LogP contribution is 2.61. The lowest BCUT2D eigenvalue weighted by Crippen LogP contribution is -2.36. The van der Waals surface area contributed by atoms with E-state index >= 15 is 0 Å². The van der Waals surface area contributed by atoms with Gasteiger partial charge in [0.2, 0.25) is 0 Å². The van der Waals surface area contributed by atoms with Crippen molar-refractivity contribution in [1.29, 1.82) is 0 Å². The van der Waals surface area contributed by atoms with E-state index in [9.17, 15) is 4.79 Å². The number of ether oxygens (including phenoxy) is 1. The van der Waals surface area contributed by atoms with Gasteiger partial charge in [0.25, 0.3) is 0 Å². The van der Waals surface area contributed by atoms with Crippen LogP contribution in [0.3, 0.4) is 0 Å². The second-order valence-corrected chi connectivity index (χ2v) is 8.00. The minimum absolute atomic E-state index is 0.285. The van der Waals surface area contributed by atoms with E-state index < -0.39 is 5.41 Å². The highest BCUT2D eigenvalue weighted by Gasteiger charge is 2.51. The Kier molecular flexibility index (Phi) is 3.54. The van der Waals surface area contributed by atoms with Crippen LogP contribution in [-0.2, 0) is 10.2 Å². The Labute approximate surface area is 175 Å². The van der Waals surface area contributed by atoms with Crippen LogP contribution in [0.5, 0.6) is 5.75 Å². The smallest absolute Gasteiger partial charge is 0.131 e. The van der Waals surface area contributed by atoms with Crippen molar-refractivity contribution in [2.45, 2.75) is 11.3 Å². The summed E-state index contributed by atoms with van der Waals surface area (Å²) in [6, 6.07) is 31.9. The van der Waals surface area contributed by atoms with E-state index in [0.29, 0.717) is 0 Å². The van der Waals surface area contributed by atoms with Gasteiger partial charge in [-0.3, -0.25) is 0 Å². The normalized spacial score (nSPS) is 16.9. The van der Waals surface area contributed by atoms with Gasteiger partial charge in [-0.1, -0.05) is 78.9 Å². The third kappa shape index (κ3) is 1.96. The minimum Gasteiger partial charge on any atom is -0.497 e. The summed E-state index contributed by atoms with van der Waals surface area (Å²) >= 11 is 0. The van der Waals surface area contributed by atoms with Crippen molar-refractivity contribution in [1.82, 2.24) is 0 Å². The summed E-state index contributed by atoms with van der Waals surface area (Å²) in [5, 5.41) is 0. The highest BCUT2D eigenvalue weighted by molar-refractivity contribution is 5.89. The molecule has 30 heavy (non-hydrogen) atoms. The number of hydrogen-bond acceptors (Lipinski definition) is 2. The summed E-state index contributed by atoms with van der Waals surface area (Å²) in [5.74, 6) is 0.520. The van der Waals surface area contributed by atoms with E-state index in [4.69, 9.17) is 4.74 Å². The van der Waals surface area contributed by atoms with Crippen LogP contribution in [-0.4, -0.2) is 13.4 Å². The quantitative estimate of drug-likeness (QED) is 0.363. The van der Waals surface area contributed by atoms with Gasteiger partial charge in [0, 0.05) is 0 Å². The van der Waals surface area contributed by atoms with Crippen molar-refractivity contribution in [2.24, 2.45) is 0 Å². The van der Waals surface area contributed by atoms with Crippen LogP contribution in [0.1, 0.15) is 39.3 Å². The molecule has 2 nitrogen and oxygen atoms in total. The number of carbonyl (C=O) groups excluding carboxylic acids is 1. The number of methoxy groups -OCH3 is 1. The summed E-state index contributed by atoms with van der Waals surface area (Å²) < 4.78 is 5.63. The largest absolute Gasteiger partial charge is 0.497 e. The lowest BCUT2D eigenvalue weighted by Gasteiger charge is -2.42. The maximum Gasteiger partial charge on any atom is 0.131 e. The molecule has 0 radical (unpaired) electrons. The van der Waals surface area contributed by atoms with Crippen LogP contribution < -0.4 is 4.74 Å². The molecule has 0 saturated heterocycles. The van der Waals surface area contributed by atoms with E-state index in [-0.39, 0.29) is 5.92 Å².